The Labute approximate surface area is 158 Å². The summed E-state index contributed by atoms with van der Waals surface area (Å²) >= 11 is 5.79. The monoisotopic (exact) mass is 392 g/mol. The molecule has 0 aliphatic heterocycles. The Bertz CT molecular complexity index is 917. The zero-order valence-corrected chi connectivity index (χ0v) is 14.6. The van der Waals surface area contributed by atoms with Gasteiger partial charge >= 0.3 is 0 Å². The first-order valence-electron chi connectivity index (χ1n) is 7.38. The smallest absolute Gasteiger partial charge is 0.252 e. The number of carbonyl (C=O) groups is 2. The van der Waals surface area contributed by atoms with E-state index in [2.05, 4.69) is 4.98 Å². The first-order valence-corrected chi connectivity index (χ1v) is 7.76. The fraction of sp³-hybridized carbons (Fsp3) is 0. The zero-order chi connectivity index (χ0) is 19.1. The molecule has 0 fully saturated rings. The molecule has 0 radical (unpaired) electrons. The molecule has 3 N–H and O–H groups in total. The molecule has 3 aromatic rings. The molecule has 0 aliphatic carbocycles. The maximum Gasteiger partial charge on any atom is 0.252 e. The molecule has 0 atom stereocenters. The van der Waals surface area contributed by atoms with E-state index in [1.165, 1.54) is 36.5 Å². The fourth-order valence-electron chi connectivity index (χ4n) is 2.04. The molecule has 1 amide bonds. The molecule has 1 aromatic heterocycles. The van der Waals surface area contributed by atoms with Crippen molar-refractivity contribution in [2.45, 2.75) is 0 Å². The molecule has 5 nitrogen and oxygen atoms in total. The number of primary amides is 1. The van der Waals surface area contributed by atoms with Crippen molar-refractivity contribution in [1.29, 1.82) is 0 Å². The van der Waals surface area contributed by atoms with E-state index < -0.39 is 17.5 Å². The van der Waals surface area contributed by atoms with Gasteiger partial charge in [-0.2, -0.15) is 0 Å². The highest BCUT2D eigenvalue weighted by Crippen LogP contribution is 2.21. The van der Waals surface area contributed by atoms with Crippen LogP contribution in [-0.2, 0) is 0 Å². The summed E-state index contributed by atoms with van der Waals surface area (Å²) in [6.07, 6.45) is 2.92. The maximum atomic E-state index is 13.5. The van der Waals surface area contributed by atoms with Gasteiger partial charge in [-0.3, -0.25) is 19.3 Å². The lowest BCUT2D eigenvalue weighted by molar-refractivity contribution is 0.0995. The number of rotatable bonds is 3. The first-order chi connectivity index (χ1) is 12.4. The minimum absolute atomic E-state index is 0. The molecule has 3 rings (SSSR count). The second kappa shape index (κ2) is 9.98. The Morgan fingerprint density at radius 3 is 2.26 bits per heavy atom. The fourth-order valence-corrected chi connectivity index (χ4v) is 2.29. The number of hydrogen-bond donors (Lipinski definition) is 2. The Kier molecular flexibility index (Phi) is 8.03. The van der Waals surface area contributed by atoms with Crippen molar-refractivity contribution >= 4 is 23.3 Å². The van der Waals surface area contributed by atoms with Crippen LogP contribution in [0.3, 0.4) is 0 Å². The average molecular weight is 393 g/mol. The van der Waals surface area contributed by atoms with E-state index in [-0.39, 0.29) is 26.6 Å². The summed E-state index contributed by atoms with van der Waals surface area (Å²) < 4.78 is 13.5. The largest absolute Gasteiger partial charge is 0.507 e. The number of benzene rings is 2. The van der Waals surface area contributed by atoms with Gasteiger partial charge in [0, 0.05) is 18.0 Å². The molecule has 0 aliphatic rings. The van der Waals surface area contributed by atoms with Crippen LogP contribution in [-0.4, -0.2) is 21.8 Å². The van der Waals surface area contributed by atoms with Crippen molar-refractivity contribution in [1.82, 2.24) is 4.98 Å². The van der Waals surface area contributed by atoms with Crippen molar-refractivity contribution in [3.8, 4) is 5.75 Å². The number of aromatic hydroxyl groups is 1. The number of amides is 1. The van der Waals surface area contributed by atoms with Crippen LogP contribution >= 0.6 is 11.6 Å². The van der Waals surface area contributed by atoms with Crippen molar-refractivity contribution in [3.63, 3.8) is 0 Å². The Balaban J connectivity index is 0.000000288. The predicted molar refractivity (Wildman–Crippen MR) is 98.2 cm³/mol. The summed E-state index contributed by atoms with van der Waals surface area (Å²) in [7, 11) is 0. The van der Waals surface area contributed by atoms with E-state index in [1.807, 2.05) is 0 Å². The van der Waals surface area contributed by atoms with Gasteiger partial charge in [-0.15, -0.1) is 0 Å². The number of aromatic nitrogens is 1. The molecule has 2 aromatic carbocycles. The third kappa shape index (κ3) is 5.58. The highest BCUT2D eigenvalue weighted by Gasteiger charge is 2.17. The SMILES string of the molecule is F.NC(=O)c1ccccc1O.O=C(c1cccnc1)c1c(F)cccc1Cl. The first kappa shape index (κ1) is 21.7. The van der Waals surface area contributed by atoms with Crippen LogP contribution in [0, 0.1) is 5.82 Å². The zero-order valence-electron chi connectivity index (χ0n) is 13.8. The highest BCUT2D eigenvalue weighted by molar-refractivity contribution is 6.35. The minimum atomic E-state index is -0.624. The molecule has 1 heterocycles. The number of carbonyl (C=O) groups excluding carboxylic acids is 2. The van der Waals surface area contributed by atoms with Crippen LogP contribution in [0.15, 0.2) is 67.0 Å². The highest BCUT2D eigenvalue weighted by atomic mass is 35.5. The number of para-hydroxylation sites is 1. The summed E-state index contributed by atoms with van der Waals surface area (Å²) in [5.74, 6) is -1.77. The Hall–Kier alpha value is -3.32. The van der Waals surface area contributed by atoms with Crippen LogP contribution in [0.4, 0.5) is 9.09 Å². The van der Waals surface area contributed by atoms with Crippen molar-refractivity contribution < 1.29 is 23.8 Å². The molecular weight excluding hydrogens is 378 g/mol. The van der Waals surface area contributed by atoms with Crippen LogP contribution in [0.25, 0.3) is 0 Å². The minimum Gasteiger partial charge on any atom is -0.507 e. The van der Waals surface area contributed by atoms with E-state index in [4.69, 9.17) is 22.4 Å². The van der Waals surface area contributed by atoms with Gasteiger partial charge in [0.1, 0.15) is 11.6 Å². The van der Waals surface area contributed by atoms with Crippen molar-refractivity contribution in [2.75, 3.05) is 0 Å². The van der Waals surface area contributed by atoms with Gasteiger partial charge in [-0.05, 0) is 36.4 Å². The van der Waals surface area contributed by atoms with Crippen molar-refractivity contribution in [3.05, 3.63) is 94.5 Å². The second-order valence-corrected chi connectivity index (χ2v) is 5.46. The topological polar surface area (TPSA) is 93.3 Å². The standard InChI is InChI=1S/C12H7ClFNO.C7H7NO2.FH/c13-9-4-1-5-10(14)11(9)12(16)8-3-2-6-15-7-8;8-7(10)5-3-1-2-4-6(5)9;/h1-7H;1-4,9H,(H2,8,10);1H. The summed E-state index contributed by atoms with van der Waals surface area (Å²) in [4.78, 5) is 26.2. The van der Waals surface area contributed by atoms with E-state index >= 15 is 0 Å². The maximum absolute atomic E-state index is 13.5. The molecular formula is C19H15ClF2N2O3. The average Bonchev–Trinajstić information content (AvgIpc) is 2.63. The molecule has 140 valence electrons. The number of phenols is 1. The van der Waals surface area contributed by atoms with Gasteiger partial charge in [0.15, 0.2) is 5.78 Å². The predicted octanol–water partition coefficient (Wildman–Crippen LogP) is 3.75. The van der Waals surface area contributed by atoms with E-state index in [0.29, 0.717) is 5.56 Å². The number of halogens is 3. The molecule has 0 unspecified atom stereocenters. The molecule has 0 saturated carbocycles. The quantitative estimate of drug-likeness (QED) is 0.664. The third-order valence-electron chi connectivity index (χ3n) is 3.28. The molecule has 8 heteroatoms. The summed E-state index contributed by atoms with van der Waals surface area (Å²) in [5, 5.41) is 9.09. The molecule has 0 saturated heterocycles. The van der Waals surface area contributed by atoms with Gasteiger partial charge in [0.25, 0.3) is 5.91 Å². The van der Waals surface area contributed by atoms with Gasteiger partial charge in [0.05, 0.1) is 16.1 Å². The van der Waals surface area contributed by atoms with Crippen LogP contribution in [0.1, 0.15) is 26.3 Å². The second-order valence-electron chi connectivity index (χ2n) is 5.05. The number of ketones is 1. The Morgan fingerprint density at radius 2 is 1.74 bits per heavy atom. The van der Waals surface area contributed by atoms with E-state index in [9.17, 15) is 14.0 Å². The molecule has 0 bridgehead atoms. The summed E-state index contributed by atoms with van der Waals surface area (Å²) in [6, 6.07) is 13.5. The number of hydrogen-bond acceptors (Lipinski definition) is 4. The molecule has 0 spiro atoms. The normalized spacial score (nSPS) is 9.41. The number of nitrogens with zero attached hydrogens (tertiary/aromatic N) is 1. The van der Waals surface area contributed by atoms with Crippen molar-refractivity contribution in [2.24, 2.45) is 5.73 Å². The lowest BCUT2D eigenvalue weighted by Crippen LogP contribution is -2.10. The lowest BCUT2D eigenvalue weighted by atomic mass is 10.0. The van der Waals surface area contributed by atoms with Gasteiger partial charge < -0.3 is 10.8 Å². The van der Waals surface area contributed by atoms with E-state index in [0.717, 1.165) is 0 Å². The number of nitrogens with two attached hydrogens (primary N) is 1. The molecule has 27 heavy (non-hydrogen) atoms. The summed E-state index contributed by atoms with van der Waals surface area (Å²) in [5.41, 5.74) is 5.27. The third-order valence-corrected chi connectivity index (χ3v) is 3.60. The number of pyridine rings is 1. The lowest BCUT2D eigenvalue weighted by Gasteiger charge is -2.04. The van der Waals surface area contributed by atoms with Crippen LogP contribution in [0.5, 0.6) is 5.75 Å². The van der Waals surface area contributed by atoms with E-state index in [1.54, 1.807) is 30.5 Å². The van der Waals surface area contributed by atoms with Crippen LogP contribution in [0.2, 0.25) is 5.02 Å². The Morgan fingerprint density at radius 1 is 1.04 bits per heavy atom. The van der Waals surface area contributed by atoms with Gasteiger partial charge in [-0.1, -0.05) is 29.8 Å². The summed E-state index contributed by atoms with van der Waals surface area (Å²) in [6.45, 7) is 0. The van der Waals surface area contributed by atoms with Crippen LogP contribution < -0.4 is 5.73 Å². The van der Waals surface area contributed by atoms with Gasteiger partial charge in [-0.25, -0.2) is 4.39 Å². The van der Waals surface area contributed by atoms with Gasteiger partial charge in [0.2, 0.25) is 0 Å².